The van der Waals surface area contributed by atoms with Crippen LogP contribution in [0.4, 0.5) is 0 Å². The highest BCUT2D eigenvalue weighted by Crippen LogP contribution is 2.01. The van der Waals surface area contributed by atoms with Gasteiger partial charge in [0.15, 0.2) is 0 Å². The first-order chi connectivity index (χ1) is 4.57. The summed E-state index contributed by atoms with van der Waals surface area (Å²) in [5.41, 5.74) is 0. The van der Waals surface area contributed by atoms with Gasteiger partial charge >= 0.3 is 0 Å². The lowest BCUT2D eigenvalue weighted by Crippen LogP contribution is -2.31. The largest absolute Gasteiger partial charge is 0.394 e. The van der Waals surface area contributed by atoms with Crippen LogP contribution in [-0.2, 0) is 0 Å². The topological polar surface area (TPSA) is 80.9 Å². The second-order valence-corrected chi connectivity index (χ2v) is 2.40. The highest BCUT2D eigenvalue weighted by atomic mass is 16.4. The molecule has 0 unspecified atom stereocenters. The molecule has 0 aliphatic rings. The maximum Gasteiger partial charge on any atom is 0.103 e. The van der Waals surface area contributed by atoms with Crippen molar-refractivity contribution in [1.29, 1.82) is 0 Å². The second kappa shape index (κ2) is 4.62. The average molecular weight is 150 g/mol. The summed E-state index contributed by atoms with van der Waals surface area (Å²) in [6.07, 6.45) is -2.75. The Morgan fingerprint density at radius 1 is 1.10 bits per heavy atom. The van der Waals surface area contributed by atoms with Crippen LogP contribution < -0.4 is 0 Å². The molecule has 0 aliphatic carbocycles. The van der Waals surface area contributed by atoms with E-state index in [1.807, 2.05) is 0 Å². The lowest BCUT2D eigenvalue weighted by Gasteiger charge is -2.16. The predicted octanol–water partition coefficient (Wildman–Crippen LogP) is -1.53. The highest BCUT2D eigenvalue weighted by Gasteiger charge is 2.16. The number of hydrogen-bond acceptors (Lipinski definition) is 4. The molecule has 0 spiro atoms. The van der Waals surface area contributed by atoms with E-state index in [0.29, 0.717) is 0 Å². The zero-order chi connectivity index (χ0) is 8.15. The normalized spacial score (nSPS) is 20.1. The Morgan fingerprint density at radius 2 is 1.60 bits per heavy atom. The molecule has 0 aromatic rings. The van der Waals surface area contributed by atoms with Gasteiger partial charge in [0, 0.05) is 6.42 Å². The van der Waals surface area contributed by atoms with Crippen molar-refractivity contribution in [3.05, 3.63) is 0 Å². The minimum absolute atomic E-state index is 0.0850. The van der Waals surface area contributed by atoms with Crippen molar-refractivity contribution >= 4 is 0 Å². The van der Waals surface area contributed by atoms with E-state index in [0.717, 1.165) is 0 Å². The van der Waals surface area contributed by atoms with Gasteiger partial charge in [-0.25, -0.2) is 0 Å². The molecule has 4 nitrogen and oxygen atoms in total. The van der Waals surface area contributed by atoms with Crippen molar-refractivity contribution in [3.8, 4) is 0 Å². The fourth-order valence-corrected chi connectivity index (χ4v) is 0.628. The van der Waals surface area contributed by atoms with Gasteiger partial charge in [0.05, 0.1) is 18.8 Å². The molecule has 0 saturated carbocycles. The molecule has 3 atom stereocenters. The van der Waals surface area contributed by atoms with Crippen molar-refractivity contribution in [2.45, 2.75) is 31.7 Å². The van der Waals surface area contributed by atoms with E-state index in [-0.39, 0.29) is 6.42 Å². The third-order valence-electron chi connectivity index (χ3n) is 1.21. The van der Waals surface area contributed by atoms with Crippen LogP contribution in [0.5, 0.6) is 0 Å². The molecule has 0 bridgehead atoms. The third kappa shape index (κ3) is 3.79. The summed E-state index contributed by atoms with van der Waals surface area (Å²) in [5, 5.41) is 34.7. The molecule has 0 radical (unpaired) electrons. The minimum atomic E-state index is -1.14. The van der Waals surface area contributed by atoms with Crippen LogP contribution >= 0.6 is 0 Å². The zero-order valence-corrected chi connectivity index (χ0v) is 5.94. The molecule has 0 heterocycles. The molecular formula is C6H14O4. The number of rotatable bonds is 4. The quantitative estimate of drug-likeness (QED) is 0.392. The second-order valence-electron chi connectivity index (χ2n) is 2.40. The molecule has 10 heavy (non-hydrogen) atoms. The molecule has 62 valence electrons. The summed E-state index contributed by atoms with van der Waals surface area (Å²) >= 11 is 0. The summed E-state index contributed by atoms with van der Waals surface area (Å²) in [6, 6.07) is 0. The first-order valence-electron chi connectivity index (χ1n) is 3.23. The molecule has 0 aromatic heterocycles. The van der Waals surface area contributed by atoms with Gasteiger partial charge in [0.2, 0.25) is 0 Å². The van der Waals surface area contributed by atoms with Crippen molar-refractivity contribution in [3.63, 3.8) is 0 Å². The molecule has 0 amide bonds. The maximum atomic E-state index is 8.92. The van der Waals surface area contributed by atoms with Crippen molar-refractivity contribution in [2.75, 3.05) is 6.61 Å². The monoisotopic (exact) mass is 150 g/mol. The predicted molar refractivity (Wildman–Crippen MR) is 35.4 cm³/mol. The first-order valence-corrected chi connectivity index (χ1v) is 3.23. The minimum Gasteiger partial charge on any atom is -0.394 e. The van der Waals surface area contributed by atoms with Gasteiger partial charge in [0.25, 0.3) is 0 Å². The van der Waals surface area contributed by atoms with Crippen LogP contribution in [0.2, 0.25) is 0 Å². The van der Waals surface area contributed by atoms with Gasteiger partial charge in [-0.1, -0.05) is 0 Å². The number of hydrogen-bond donors (Lipinski definition) is 4. The number of aliphatic hydroxyl groups excluding tert-OH is 4. The van der Waals surface area contributed by atoms with Crippen molar-refractivity contribution < 1.29 is 20.4 Å². The van der Waals surface area contributed by atoms with E-state index in [9.17, 15) is 0 Å². The zero-order valence-electron chi connectivity index (χ0n) is 5.94. The van der Waals surface area contributed by atoms with E-state index < -0.39 is 24.9 Å². The van der Waals surface area contributed by atoms with Crippen LogP contribution in [0.15, 0.2) is 0 Å². The molecule has 0 aliphatic heterocycles. The van der Waals surface area contributed by atoms with Gasteiger partial charge in [-0.2, -0.15) is 0 Å². The molecule has 0 fully saturated rings. The van der Waals surface area contributed by atoms with Crippen LogP contribution in [0, 0.1) is 0 Å². The molecule has 0 rings (SSSR count). The highest BCUT2D eigenvalue weighted by molar-refractivity contribution is 4.67. The average Bonchev–Trinajstić information content (AvgIpc) is 1.85. The van der Waals surface area contributed by atoms with Crippen LogP contribution in [0.25, 0.3) is 0 Å². The fourth-order valence-electron chi connectivity index (χ4n) is 0.628. The summed E-state index contributed by atoms with van der Waals surface area (Å²) in [7, 11) is 0. The van der Waals surface area contributed by atoms with E-state index in [1.165, 1.54) is 6.92 Å². The Bertz CT molecular complexity index is 83.8. The van der Waals surface area contributed by atoms with E-state index >= 15 is 0 Å². The van der Waals surface area contributed by atoms with E-state index in [1.54, 1.807) is 0 Å². The lowest BCUT2D eigenvalue weighted by atomic mass is 10.1. The van der Waals surface area contributed by atoms with Crippen LogP contribution in [-0.4, -0.2) is 45.3 Å². The van der Waals surface area contributed by atoms with Gasteiger partial charge in [-0.05, 0) is 6.92 Å². The first kappa shape index (κ1) is 9.84. The maximum absolute atomic E-state index is 8.92. The van der Waals surface area contributed by atoms with Crippen molar-refractivity contribution in [2.24, 2.45) is 0 Å². The Morgan fingerprint density at radius 3 is 1.90 bits per heavy atom. The summed E-state index contributed by atoms with van der Waals surface area (Å²) < 4.78 is 0. The van der Waals surface area contributed by atoms with Gasteiger partial charge in [-0.3, -0.25) is 0 Å². The number of aliphatic hydroxyl groups is 4. The van der Waals surface area contributed by atoms with Crippen molar-refractivity contribution in [1.82, 2.24) is 0 Å². The molecule has 0 saturated heterocycles. The summed E-state index contributed by atoms with van der Waals surface area (Å²) in [5.74, 6) is 0. The fraction of sp³-hybridized carbons (Fsp3) is 1.00. The van der Waals surface area contributed by atoms with Crippen LogP contribution in [0.1, 0.15) is 13.3 Å². The van der Waals surface area contributed by atoms with E-state index in [4.69, 9.17) is 20.4 Å². The smallest absolute Gasteiger partial charge is 0.103 e. The lowest BCUT2D eigenvalue weighted by molar-refractivity contribution is -0.0338. The van der Waals surface area contributed by atoms with Gasteiger partial charge < -0.3 is 20.4 Å². The molecule has 4 heteroatoms. The van der Waals surface area contributed by atoms with E-state index in [2.05, 4.69) is 0 Å². The van der Waals surface area contributed by atoms with Gasteiger partial charge in [-0.15, -0.1) is 0 Å². The standard InChI is InChI=1S/C6H14O4/c1-4(8)2-5(9)6(10)3-7/h4-10H,2-3H2,1H3/t4-,5+,6+/m1/s1. The van der Waals surface area contributed by atoms with Gasteiger partial charge in [0.1, 0.15) is 6.10 Å². The molecule has 0 aromatic carbocycles. The Labute approximate surface area is 59.7 Å². The Kier molecular flexibility index (Phi) is 4.55. The molecule has 4 N–H and O–H groups in total. The Hall–Kier alpha value is -0.160. The SMILES string of the molecule is C[C@@H](O)C[C@H](O)[C@@H](O)CO. The van der Waals surface area contributed by atoms with Crippen LogP contribution in [0.3, 0.4) is 0 Å². The third-order valence-corrected chi connectivity index (χ3v) is 1.21. The molecular weight excluding hydrogens is 136 g/mol. The summed E-state index contributed by atoms with van der Waals surface area (Å²) in [6.45, 7) is 1.03. The summed E-state index contributed by atoms with van der Waals surface area (Å²) in [4.78, 5) is 0. The Balaban J connectivity index is 3.50.